The second-order valence-electron chi connectivity index (χ2n) is 5.80. The molecule has 0 bridgehead atoms. The average molecular weight is 358 g/mol. The van der Waals surface area contributed by atoms with Crippen molar-refractivity contribution in [2.75, 3.05) is 6.61 Å². The van der Waals surface area contributed by atoms with Crippen LogP contribution in [0.25, 0.3) is 22.1 Å². The lowest BCUT2D eigenvalue weighted by atomic mass is 9.93. The quantitative estimate of drug-likeness (QED) is 0.512. The monoisotopic (exact) mass is 358 g/mol. The predicted molar refractivity (Wildman–Crippen MR) is 93.2 cm³/mol. The number of alkyl halides is 2. The number of benzene rings is 2. The molecule has 26 heavy (non-hydrogen) atoms. The maximum atomic E-state index is 14.8. The highest BCUT2D eigenvalue weighted by atomic mass is 19.3. The van der Waals surface area contributed by atoms with Gasteiger partial charge in [-0.25, -0.2) is 9.59 Å². The molecular weight excluding hydrogens is 342 g/mol. The van der Waals surface area contributed by atoms with Crippen LogP contribution in [0.1, 0.15) is 18.1 Å². The van der Waals surface area contributed by atoms with Crippen molar-refractivity contribution in [2.24, 2.45) is 0 Å². The van der Waals surface area contributed by atoms with Crippen LogP contribution in [0.3, 0.4) is 0 Å². The van der Waals surface area contributed by atoms with Crippen LogP contribution in [0, 0.1) is 6.92 Å². The minimum absolute atomic E-state index is 0.0291. The fraction of sp³-hybridized carbons (Fsp3) is 0.200. The molecule has 2 aromatic carbocycles. The van der Waals surface area contributed by atoms with Crippen molar-refractivity contribution in [3.63, 3.8) is 0 Å². The SMILES string of the molecule is CCOC(=O)C(F)(F)c1c(-c2ccccc2)c2cc(C)ccc2oc1=O. The van der Waals surface area contributed by atoms with Crippen molar-refractivity contribution >= 4 is 16.9 Å². The zero-order valence-corrected chi connectivity index (χ0v) is 14.2. The lowest BCUT2D eigenvalue weighted by molar-refractivity contribution is -0.173. The molecule has 4 nitrogen and oxygen atoms in total. The molecule has 0 atom stereocenters. The van der Waals surface area contributed by atoms with Crippen LogP contribution in [-0.2, 0) is 15.5 Å². The van der Waals surface area contributed by atoms with Gasteiger partial charge in [0.05, 0.1) is 6.61 Å². The van der Waals surface area contributed by atoms with Gasteiger partial charge in [-0.05, 0) is 31.5 Å². The van der Waals surface area contributed by atoms with Crippen LogP contribution in [0.2, 0.25) is 0 Å². The van der Waals surface area contributed by atoms with Crippen molar-refractivity contribution in [1.82, 2.24) is 0 Å². The molecule has 0 N–H and O–H groups in total. The van der Waals surface area contributed by atoms with E-state index < -0.39 is 23.1 Å². The second kappa shape index (κ2) is 6.71. The fourth-order valence-electron chi connectivity index (χ4n) is 2.83. The van der Waals surface area contributed by atoms with Crippen LogP contribution >= 0.6 is 0 Å². The number of hydrogen-bond donors (Lipinski definition) is 0. The van der Waals surface area contributed by atoms with Gasteiger partial charge in [-0.2, -0.15) is 8.78 Å². The third kappa shape index (κ3) is 2.98. The van der Waals surface area contributed by atoms with Gasteiger partial charge in [-0.1, -0.05) is 42.0 Å². The zero-order valence-electron chi connectivity index (χ0n) is 14.2. The summed E-state index contributed by atoms with van der Waals surface area (Å²) in [6.45, 7) is 2.98. The van der Waals surface area contributed by atoms with E-state index in [1.807, 2.05) is 0 Å². The maximum Gasteiger partial charge on any atom is 0.382 e. The first kappa shape index (κ1) is 17.8. The van der Waals surface area contributed by atoms with Crippen molar-refractivity contribution < 1.29 is 22.7 Å². The largest absolute Gasteiger partial charge is 0.461 e. The Balaban J connectivity index is 2.44. The first-order valence-electron chi connectivity index (χ1n) is 8.04. The van der Waals surface area contributed by atoms with E-state index in [1.165, 1.54) is 6.92 Å². The number of hydrogen-bond acceptors (Lipinski definition) is 4. The predicted octanol–water partition coefficient (Wildman–Crippen LogP) is 4.42. The molecule has 0 radical (unpaired) electrons. The van der Waals surface area contributed by atoms with Gasteiger partial charge in [-0.15, -0.1) is 0 Å². The zero-order chi connectivity index (χ0) is 18.9. The molecule has 0 unspecified atom stereocenters. The molecular formula is C20H16F2O4. The lowest BCUT2D eigenvalue weighted by Crippen LogP contribution is -2.34. The Labute approximate surface area is 148 Å². The van der Waals surface area contributed by atoms with Gasteiger partial charge < -0.3 is 9.15 Å². The average Bonchev–Trinajstić information content (AvgIpc) is 2.61. The minimum atomic E-state index is -4.14. The first-order chi connectivity index (χ1) is 12.4. The van der Waals surface area contributed by atoms with E-state index in [9.17, 15) is 18.4 Å². The van der Waals surface area contributed by atoms with Gasteiger partial charge >= 0.3 is 17.5 Å². The molecule has 0 saturated carbocycles. The number of rotatable bonds is 4. The Morgan fingerprint density at radius 1 is 1.15 bits per heavy atom. The van der Waals surface area contributed by atoms with E-state index in [4.69, 9.17) is 4.42 Å². The Morgan fingerprint density at radius 3 is 2.50 bits per heavy atom. The molecule has 1 heterocycles. The van der Waals surface area contributed by atoms with Crippen LogP contribution in [-0.4, -0.2) is 12.6 Å². The van der Waals surface area contributed by atoms with Crippen molar-refractivity contribution in [3.8, 4) is 11.1 Å². The van der Waals surface area contributed by atoms with Crippen LogP contribution in [0.4, 0.5) is 8.78 Å². The summed E-state index contributed by atoms with van der Waals surface area (Å²) in [4.78, 5) is 24.3. The van der Waals surface area contributed by atoms with E-state index in [1.54, 1.807) is 55.5 Å². The van der Waals surface area contributed by atoms with Gasteiger partial charge in [0.2, 0.25) is 0 Å². The van der Waals surface area contributed by atoms with Gasteiger partial charge in [0.25, 0.3) is 0 Å². The fourth-order valence-corrected chi connectivity index (χ4v) is 2.83. The first-order valence-corrected chi connectivity index (χ1v) is 8.04. The van der Waals surface area contributed by atoms with Crippen LogP contribution in [0.5, 0.6) is 0 Å². The Hall–Kier alpha value is -3.02. The number of ether oxygens (including phenoxy) is 1. The third-order valence-electron chi connectivity index (χ3n) is 3.97. The molecule has 0 fully saturated rings. The van der Waals surface area contributed by atoms with Gasteiger partial charge in [-0.3, -0.25) is 0 Å². The molecule has 0 aliphatic rings. The highest BCUT2D eigenvalue weighted by Crippen LogP contribution is 2.39. The number of fused-ring (bicyclic) bond motifs is 1. The van der Waals surface area contributed by atoms with Crippen molar-refractivity contribution in [3.05, 3.63) is 70.1 Å². The van der Waals surface area contributed by atoms with E-state index in [-0.39, 0.29) is 17.8 Å². The molecule has 0 saturated heterocycles. The summed E-state index contributed by atoms with van der Waals surface area (Å²) < 4.78 is 39.2. The molecule has 0 amide bonds. The Bertz CT molecular complexity index is 1020. The molecule has 0 aliphatic heterocycles. The summed E-state index contributed by atoms with van der Waals surface area (Å²) in [5.74, 6) is -5.92. The third-order valence-corrected chi connectivity index (χ3v) is 3.97. The standard InChI is InChI=1S/C20H16F2O4/c1-3-25-19(24)20(21,22)17-16(13-7-5-4-6-8-13)14-11-12(2)9-10-15(14)26-18(17)23/h4-11H,3H2,1-2H3. The van der Waals surface area contributed by atoms with Gasteiger partial charge in [0.1, 0.15) is 11.1 Å². The molecule has 6 heteroatoms. The number of aryl methyl sites for hydroxylation is 1. The summed E-state index contributed by atoms with van der Waals surface area (Å²) in [6, 6.07) is 13.2. The topological polar surface area (TPSA) is 56.5 Å². The van der Waals surface area contributed by atoms with Crippen LogP contribution in [0.15, 0.2) is 57.7 Å². The summed E-state index contributed by atoms with van der Waals surface area (Å²) in [5, 5.41) is 0.328. The Kier molecular flexibility index (Phi) is 4.59. The molecule has 3 rings (SSSR count). The van der Waals surface area contributed by atoms with Gasteiger partial charge in [0.15, 0.2) is 0 Å². The number of carbonyl (C=O) groups excluding carboxylic acids is 1. The molecule has 3 aromatic rings. The van der Waals surface area contributed by atoms with Crippen molar-refractivity contribution in [2.45, 2.75) is 19.8 Å². The minimum Gasteiger partial charge on any atom is -0.461 e. The molecule has 1 aromatic heterocycles. The summed E-state index contributed by atoms with van der Waals surface area (Å²) in [5.41, 5.74) is -0.955. The highest BCUT2D eigenvalue weighted by molar-refractivity contribution is 5.97. The van der Waals surface area contributed by atoms with E-state index in [0.717, 1.165) is 5.56 Å². The van der Waals surface area contributed by atoms with Crippen LogP contribution < -0.4 is 5.63 Å². The Morgan fingerprint density at radius 2 is 1.85 bits per heavy atom. The molecule has 0 aliphatic carbocycles. The lowest BCUT2D eigenvalue weighted by Gasteiger charge is -2.19. The number of carbonyl (C=O) groups is 1. The van der Waals surface area contributed by atoms with E-state index in [2.05, 4.69) is 4.74 Å². The van der Waals surface area contributed by atoms with E-state index >= 15 is 0 Å². The van der Waals surface area contributed by atoms with Crippen molar-refractivity contribution in [1.29, 1.82) is 0 Å². The smallest absolute Gasteiger partial charge is 0.382 e. The normalized spacial score (nSPS) is 11.5. The highest BCUT2D eigenvalue weighted by Gasteiger charge is 2.48. The summed E-state index contributed by atoms with van der Waals surface area (Å²) in [6.07, 6.45) is 0. The number of halogens is 2. The maximum absolute atomic E-state index is 14.8. The summed E-state index contributed by atoms with van der Waals surface area (Å²) in [7, 11) is 0. The summed E-state index contributed by atoms with van der Waals surface area (Å²) >= 11 is 0. The molecule has 0 spiro atoms. The van der Waals surface area contributed by atoms with E-state index in [0.29, 0.717) is 10.9 Å². The second-order valence-corrected chi connectivity index (χ2v) is 5.80. The number of esters is 1. The molecule has 134 valence electrons. The van der Waals surface area contributed by atoms with Gasteiger partial charge in [0, 0.05) is 10.9 Å².